The summed E-state index contributed by atoms with van der Waals surface area (Å²) in [5, 5.41) is 8.86. The zero-order valence-electron chi connectivity index (χ0n) is 9.31. The van der Waals surface area contributed by atoms with Crippen molar-refractivity contribution in [2.24, 2.45) is 0 Å². The maximum Gasteiger partial charge on any atom is 0.240 e. The number of halogens is 1. The van der Waals surface area contributed by atoms with Gasteiger partial charge in [-0.05, 0) is 24.5 Å². The maximum absolute atomic E-state index is 13.1. The lowest BCUT2D eigenvalue weighted by molar-refractivity contribution is 0.275. The molecule has 1 aromatic rings. The van der Waals surface area contributed by atoms with Gasteiger partial charge in [0.15, 0.2) is 0 Å². The van der Waals surface area contributed by atoms with Crippen LogP contribution in [0.15, 0.2) is 23.1 Å². The molecule has 4 nitrogen and oxygen atoms in total. The van der Waals surface area contributed by atoms with E-state index in [2.05, 4.69) is 4.72 Å². The molecule has 0 amide bonds. The lowest BCUT2D eigenvalue weighted by Crippen LogP contribution is -2.26. The Labute approximate surface area is 104 Å². The molecule has 7 heteroatoms. The second kappa shape index (κ2) is 6.34. The number of benzene rings is 1. The van der Waals surface area contributed by atoms with Gasteiger partial charge in [-0.2, -0.15) is 11.8 Å². The number of hydrogen-bond acceptors (Lipinski definition) is 4. The van der Waals surface area contributed by atoms with Crippen LogP contribution >= 0.6 is 11.8 Å². The van der Waals surface area contributed by atoms with Gasteiger partial charge in [-0.1, -0.05) is 0 Å². The molecule has 0 saturated heterocycles. The van der Waals surface area contributed by atoms with Crippen LogP contribution in [0.2, 0.25) is 0 Å². The lowest BCUT2D eigenvalue weighted by atomic mass is 10.2. The fourth-order valence-corrected chi connectivity index (χ4v) is 2.72. The second-order valence-electron chi connectivity index (χ2n) is 3.30. The molecule has 0 aliphatic heterocycles. The fraction of sp³-hybridized carbons (Fsp3) is 0.400. The van der Waals surface area contributed by atoms with Crippen molar-refractivity contribution >= 4 is 21.8 Å². The van der Waals surface area contributed by atoms with E-state index in [1.54, 1.807) is 0 Å². The highest BCUT2D eigenvalue weighted by molar-refractivity contribution is 7.98. The number of hydrogen-bond donors (Lipinski definition) is 2. The maximum atomic E-state index is 13.1. The van der Waals surface area contributed by atoms with Gasteiger partial charge in [0.25, 0.3) is 0 Å². The smallest absolute Gasteiger partial charge is 0.240 e. The quantitative estimate of drug-likeness (QED) is 0.761. The largest absolute Gasteiger partial charge is 0.392 e. The third-order valence-electron chi connectivity index (χ3n) is 2.10. The van der Waals surface area contributed by atoms with Crippen LogP contribution < -0.4 is 4.72 Å². The summed E-state index contributed by atoms with van der Waals surface area (Å²) in [6.07, 6.45) is 1.87. The number of rotatable bonds is 6. The number of sulfonamides is 1. The van der Waals surface area contributed by atoms with Crippen molar-refractivity contribution in [2.45, 2.75) is 11.5 Å². The molecule has 1 aromatic carbocycles. The first-order valence-corrected chi connectivity index (χ1v) is 7.77. The number of aliphatic hydroxyl groups is 1. The molecule has 2 N–H and O–H groups in total. The van der Waals surface area contributed by atoms with Crippen molar-refractivity contribution in [2.75, 3.05) is 18.6 Å². The summed E-state index contributed by atoms with van der Waals surface area (Å²) in [4.78, 5) is -0.0379. The fourth-order valence-electron chi connectivity index (χ4n) is 1.20. The molecule has 0 unspecified atom stereocenters. The summed E-state index contributed by atoms with van der Waals surface area (Å²) in [5.74, 6) is 0.0448. The first-order valence-electron chi connectivity index (χ1n) is 4.89. The van der Waals surface area contributed by atoms with Crippen molar-refractivity contribution in [1.82, 2.24) is 4.72 Å². The zero-order valence-corrected chi connectivity index (χ0v) is 10.9. The van der Waals surface area contributed by atoms with E-state index in [1.165, 1.54) is 17.8 Å². The molecule has 1 rings (SSSR count). The summed E-state index contributed by atoms with van der Waals surface area (Å²) < 4.78 is 39.0. The topological polar surface area (TPSA) is 66.4 Å². The van der Waals surface area contributed by atoms with Crippen molar-refractivity contribution < 1.29 is 17.9 Å². The van der Waals surface area contributed by atoms with Crippen molar-refractivity contribution in [3.05, 3.63) is 29.6 Å². The molecule has 0 spiro atoms. The molecule has 0 saturated carbocycles. The van der Waals surface area contributed by atoms with Gasteiger partial charge in [0, 0.05) is 17.9 Å². The average molecular weight is 279 g/mol. The minimum atomic E-state index is -3.62. The average Bonchev–Trinajstić information content (AvgIpc) is 2.29. The van der Waals surface area contributed by atoms with Gasteiger partial charge in [0.2, 0.25) is 10.0 Å². The van der Waals surface area contributed by atoms with Crippen molar-refractivity contribution in [3.8, 4) is 0 Å². The Hall–Kier alpha value is -0.630. The van der Waals surface area contributed by atoms with E-state index < -0.39 is 22.4 Å². The zero-order chi connectivity index (χ0) is 12.9. The lowest BCUT2D eigenvalue weighted by Gasteiger charge is -2.07. The first-order chi connectivity index (χ1) is 8.01. The van der Waals surface area contributed by atoms with Crippen molar-refractivity contribution in [3.63, 3.8) is 0 Å². The van der Waals surface area contributed by atoms with Crippen LogP contribution in [0.3, 0.4) is 0 Å². The van der Waals surface area contributed by atoms with Crippen LogP contribution in [0.25, 0.3) is 0 Å². The molecule has 96 valence electrons. The molecule has 0 fully saturated rings. The van der Waals surface area contributed by atoms with Crippen LogP contribution in [0.4, 0.5) is 4.39 Å². The van der Waals surface area contributed by atoms with Gasteiger partial charge in [-0.25, -0.2) is 17.5 Å². The van der Waals surface area contributed by atoms with E-state index in [9.17, 15) is 12.8 Å². The van der Waals surface area contributed by atoms with E-state index in [0.29, 0.717) is 12.3 Å². The standard InChI is InChI=1S/C10H14FNO3S2/c1-16-5-4-12-17(14,15)9-2-3-10(11)8(6-9)7-13/h2-3,6,12-13H,4-5,7H2,1H3. The number of thioether (sulfide) groups is 1. The Morgan fingerprint density at radius 1 is 1.47 bits per heavy atom. The van der Waals surface area contributed by atoms with Crippen molar-refractivity contribution in [1.29, 1.82) is 0 Å². The van der Waals surface area contributed by atoms with Gasteiger partial charge < -0.3 is 5.11 Å². The Kier molecular flexibility index (Phi) is 5.38. The summed E-state index contributed by atoms with van der Waals surface area (Å²) >= 11 is 1.52. The SMILES string of the molecule is CSCCNS(=O)(=O)c1ccc(F)c(CO)c1. The first kappa shape index (κ1) is 14.4. The molecule has 0 radical (unpaired) electrons. The number of nitrogens with one attached hydrogen (secondary N) is 1. The van der Waals surface area contributed by atoms with Crippen LogP contribution in [0, 0.1) is 5.82 Å². The molecule has 0 aromatic heterocycles. The summed E-state index contributed by atoms with van der Waals surface area (Å²) in [5.41, 5.74) is -0.0299. The molecule has 0 aliphatic carbocycles. The third kappa shape index (κ3) is 3.95. The highest BCUT2D eigenvalue weighted by atomic mass is 32.2. The highest BCUT2D eigenvalue weighted by Gasteiger charge is 2.15. The molecule has 17 heavy (non-hydrogen) atoms. The van der Waals surface area contributed by atoms with Gasteiger partial charge in [-0.15, -0.1) is 0 Å². The normalized spacial score (nSPS) is 11.7. The van der Waals surface area contributed by atoms with E-state index >= 15 is 0 Å². The third-order valence-corrected chi connectivity index (χ3v) is 4.17. The Balaban J connectivity index is 2.91. The van der Waals surface area contributed by atoms with Gasteiger partial charge in [0.05, 0.1) is 11.5 Å². The number of aliphatic hydroxyl groups excluding tert-OH is 1. The molecule has 0 heterocycles. The Morgan fingerprint density at radius 3 is 2.76 bits per heavy atom. The Bertz CT molecular complexity index is 476. The van der Waals surface area contributed by atoms with Crippen LogP contribution in [-0.4, -0.2) is 32.1 Å². The van der Waals surface area contributed by atoms with E-state index in [4.69, 9.17) is 5.11 Å². The van der Waals surface area contributed by atoms with E-state index in [0.717, 1.165) is 12.1 Å². The van der Waals surface area contributed by atoms with Crippen LogP contribution in [0.1, 0.15) is 5.56 Å². The van der Waals surface area contributed by atoms with Crippen LogP contribution in [0.5, 0.6) is 0 Å². The predicted molar refractivity (Wildman–Crippen MR) is 65.9 cm³/mol. The summed E-state index contributed by atoms with van der Waals surface area (Å²) in [6, 6.07) is 3.35. The van der Waals surface area contributed by atoms with E-state index in [-0.39, 0.29) is 10.5 Å². The minimum Gasteiger partial charge on any atom is -0.392 e. The molecular formula is C10H14FNO3S2. The highest BCUT2D eigenvalue weighted by Crippen LogP contribution is 2.15. The van der Waals surface area contributed by atoms with E-state index in [1.807, 2.05) is 6.26 Å². The molecular weight excluding hydrogens is 265 g/mol. The molecule has 0 bridgehead atoms. The second-order valence-corrected chi connectivity index (χ2v) is 6.05. The minimum absolute atomic E-state index is 0.0299. The van der Waals surface area contributed by atoms with Crippen LogP contribution in [-0.2, 0) is 16.6 Å². The molecule has 0 aliphatic rings. The van der Waals surface area contributed by atoms with Gasteiger partial charge in [-0.3, -0.25) is 0 Å². The summed E-state index contributed by atoms with van der Waals surface area (Å²) in [6.45, 7) is -0.213. The van der Waals surface area contributed by atoms with Gasteiger partial charge >= 0.3 is 0 Å². The van der Waals surface area contributed by atoms with Gasteiger partial charge in [0.1, 0.15) is 5.82 Å². The summed E-state index contributed by atoms with van der Waals surface area (Å²) in [7, 11) is -3.62. The predicted octanol–water partition coefficient (Wildman–Crippen LogP) is 0.959. The monoisotopic (exact) mass is 279 g/mol. The molecule has 0 atom stereocenters. The Morgan fingerprint density at radius 2 is 2.18 bits per heavy atom.